The van der Waals surface area contributed by atoms with E-state index < -0.39 is 18.1 Å². The van der Waals surface area contributed by atoms with Crippen LogP contribution < -0.4 is 5.32 Å². The molecule has 2 unspecified atom stereocenters. The molecule has 1 saturated heterocycles. The van der Waals surface area contributed by atoms with Gasteiger partial charge in [0.1, 0.15) is 0 Å². The minimum atomic E-state index is -5.08. The molecule has 27 heavy (non-hydrogen) atoms. The molecule has 7 nitrogen and oxygen atoms in total. The average Bonchev–Trinajstić information content (AvgIpc) is 2.97. The highest BCUT2D eigenvalue weighted by atomic mass is 33.1. The summed E-state index contributed by atoms with van der Waals surface area (Å²) in [4.78, 5) is 30.8. The van der Waals surface area contributed by atoms with E-state index in [-0.39, 0.29) is 18.4 Å². The fraction of sp³-hybridized carbons (Fsp3) is 0.800. The van der Waals surface area contributed by atoms with Crippen molar-refractivity contribution in [2.75, 3.05) is 18.1 Å². The number of alkyl halides is 3. The van der Waals surface area contributed by atoms with Gasteiger partial charge in [-0.25, -0.2) is 4.79 Å². The van der Waals surface area contributed by atoms with Gasteiger partial charge >= 0.3 is 18.1 Å². The fourth-order valence-corrected chi connectivity index (χ4v) is 3.84. The first kappa shape index (κ1) is 25.9. The Labute approximate surface area is 163 Å². The predicted octanol–water partition coefficient (Wildman–Crippen LogP) is 2.94. The summed E-state index contributed by atoms with van der Waals surface area (Å²) in [5.41, 5.74) is 0. The van der Waals surface area contributed by atoms with Crippen LogP contribution in [0.25, 0.3) is 0 Å². The number of amides is 1. The van der Waals surface area contributed by atoms with E-state index in [1.54, 1.807) is 10.8 Å². The lowest BCUT2D eigenvalue weighted by molar-refractivity contribution is -0.192. The minimum Gasteiger partial charge on any atom is -0.481 e. The summed E-state index contributed by atoms with van der Waals surface area (Å²) in [5.74, 6) is -2.05. The van der Waals surface area contributed by atoms with Crippen molar-refractivity contribution in [3.63, 3.8) is 0 Å². The molecule has 0 saturated carbocycles. The van der Waals surface area contributed by atoms with Gasteiger partial charge < -0.3 is 20.3 Å². The zero-order valence-electron chi connectivity index (χ0n) is 14.8. The molecule has 0 radical (unpaired) electrons. The topological polar surface area (TPSA) is 113 Å². The zero-order valence-corrected chi connectivity index (χ0v) is 16.4. The van der Waals surface area contributed by atoms with Gasteiger partial charge in [-0.2, -0.15) is 13.2 Å². The Morgan fingerprint density at radius 1 is 1.11 bits per heavy atom. The Kier molecular flexibility index (Phi) is 13.4. The third-order valence-electron chi connectivity index (χ3n) is 3.25. The smallest absolute Gasteiger partial charge is 0.481 e. The van der Waals surface area contributed by atoms with E-state index in [9.17, 15) is 22.8 Å². The Morgan fingerprint density at radius 3 is 2.19 bits per heavy atom. The molecule has 0 aromatic rings. The van der Waals surface area contributed by atoms with E-state index in [4.69, 9.17) is 19.7 Å². The molecule has 0 bridgehead atoms. The number of aliphatic carboxylic acids is 2. The Hall–Kier alpha value is -1.14. The maximum Gasteiger partial charge on any atom is 0.490 e. The number of carbonyl (C=O) groups is 3. The summed E-state index contributed by atoms with van der Waals surface area (Å²) in [7, 11) is 3.13. The van der Waals surface area contributed by atoms with Crippen LogP contribution in [0.4, 0.5) is 13.2 Å². The summed E-state index contributed by atoms with van der Waals surface area (Å²) < 4.78 is 37.4. The second-order valence-corrected chi connectivity index (χ2v) is 8.33. The molecule has 0 aliphatic carbocycles. The molecule has 1 heterocycles. The lowest BCUT2D eigenvalue weighted by atomic mass is 10.1. The molecule has 0 aromatic heterocycles. The summed E-state index contributed by atoms with van der Waals surface area (Å²) in [6.45, 7) is 2.70. The van der Waals surface area contributed by atoms with Crippen LogP contribution in [0, 0.1) is 0 Å². The standard InChI is InChI=1S/C13H23NO4S2.C2HF3O2/c1-10-2-3-11(18-10)4-5-12(15)14-7-9-20-19-8-6-13(16)17;3-2(4,5)1(6)7/h10-11H,2-9H2,1H3,(H,14,15)(H,16,17);(H,6,7). The molecule has 3 N–H and O–H groups in total. The summed E-state index contributed by atoms with van der Waals surface area (Å²) in [6.07, 6.45) is -0.839. The summed E-state index contributed by atoms with van der Waals surface area (Å²) in [6, 6.07) is 0. The van der Waals surface area contributed by atoms with Gasteiger partial charge in [0.05, 0.1) is 18.6 Å². The molecule has 1 aliphatic heterocycles. The number of halogens is 3. The van der Waals surface area contributed by atoms with Gasteiger partial charge in [0.15, 0.2) is 0 Å². The van der Waals surface area contributed by atoms with Crippen LogP contribution in [-0.4, -0.2) is 64.5 Å². The zero-order chi connectivity index (χ0) is 20.9. The molecule has 0 spiro atoms. The average molecular weight is 435 g/mol. The first-order valence-electron chi connectivity index (χ1n) is 8.20. The van der Waals surface area contributed by atoms with Gasteiger partial charge in [0, 0.05) is 24.5 Å². The minimum absolute atomic E-state index is 0.0734. The van der Waals surface area contributed by atoms with Crippen molar-refractivity contribution in [3.8, 4) is 0 Å². The first-order valence-corrected chi connectivity index (χ1v) is 10.7. The number of nitrogens with one attached hydrogen (secondary N) is 1. The van der Waals surface area contributed by atoms with Gasteiger partial charge in [-0.05, 0) is 26.2 Å². The van der Waals surface area contributed by atoms with Gasteiger partial charge in [-0.1, -0.05) is 21.6 Å². The molecule has 0 aromatic carbocycles. The lowest BCUT2D eigenvalue weighted by Crippen LogP contribution is -2.26. The van der Waals surface area contributed by atoms with Crippen molar-refractivity contribution in [3.05, 3.63) is 0 Å². The molecular weight excluding hydrogens is 411 g/mol. The van der Waals surface area contributed by atoms with Crippen LogP contribution in [0.15, 0.2) is 0 Å². The molecule has 1 rings (SSSR count). The van der Waals surface area contributed by atoms with Crippen molar-refractivity contribution in [2.24, 2.45) is 0 Å². The number of ether oxygens (including phenoxy) is 1. The lowest BCUT2D eigenvalue weighted by Gasteiger charge is -2.10. The third-order valence-corrected chi connectivity index (χ3v) is 5.65. The molecular formula is C15H24F3NO6S2. The number of carbonyl (C=O) groups excluding carboxylic acids is 1. The number of hydrogen-bond donors (Lipinski definition) is 3. The van der Waals surface area contributed by atoms with Gasteiger partial charge in [0.25, 0.3) is 0 Å². The molecule has 2 atom stereocenters. The molecule has 1 fully saturated rings. The van der Waals surface area contributed by atoms with E-state index in [1.165, 1.54) is 10.8 Å². The van der Waals surface area contributed by atoms with Gasteiger partial charge in [0.2, 0.25) is 5.91 Å². The second-order valence-electron chi connectivity index (χ2n) is 5.63. The van der Waals surface area contributed by atoms with Crippen LogP contribution in [-0.2, 0) is 19.1 Å². The van der Waals surface area contributed by atoms with Crippen LogP contribution in [0.5, 0.6) is 0 Å². The van der Waals surface area contributed by atoms with Crippen LogP contribution in [0.2, 0.25) is 0 Å². The van der Waals surface area contributed by atoms with E-state index in [0.29, 0.717) is 24.8 Å². The monoisotopic (exact) mass is 435 g/mol. The highest BCUT2D eigenvalue weighted by molar-refractivity contribution is 8.76. The highest BCUT2D eigenvalue weighted by Crippen LogP contribution is 2.23. The van der Waals surface area contributed by atoms with Crippen LogP contribution in [0.3, 0.4) is 0 Å². The quantitative estimate of drug-likeness (QED) is 0.355. The van der Waals surface area contributed by atoms with E-state index in [0.717, 1.165) is 25.0 Å². The van der Waals surface area contributed by atoms with Crippen molar-refractivity contribution < 1.29 is 42.5 Å². The van der Waals surface area contributed by atoms with E-state index >= 15 is 0 Å². The maximum absolute atomic E-state index is 11.6. The summed E-state index contributed by atoms with van der Waals surface area (Å²) in [5, 5.41) is 18.5. The molecule has 158 valence electrons. The largest absolute Gasteiger partial charge is 0.490 e. The summed E-state index contributed by atoms with van der Waals surface area (Å²) >= 11 is 0. The fourth-order valence-electron chi connectivity index (χ4n) is 1.96. The molecule has 1 aliphatic rings. The van der Waals surface area contributed by atoms with Crippen LogP contribution in [0.1, 0.15) is 39.0 Å². The normalized spacial score (nSPS) is 19.1. The molecule has 1 amide bonds. The Balaban J connectivity index is 0.000000821. The van der Waals surface area contributed by atoms with Gasteiger partial charge in [-0.3, -0.25) is 9.59 Å². The second kappa shape index (κ2) is 13.9. The van der Waals surface area contributed by atoms with Crippen molar-refractivity contribution in [1.29, 1.82) is 0 Å². The van der Waals surface area contributed by atoms with E-state index in [2.05, 4.69) is 12.2 Å². The Morgan fingerprint density at radius 2 is 1.70 bits per heavy atom. The van der Waals surface area contributed by atoms with E-state index in [1.807, 2.05) is 0 Å². The predicted molar refractivity (Wildman–Crippen MR) is 96.7 cm³/mol. The number of carboxylic acid groups (broad SMARTS) is 2. The first-order chi connectivity index (χ1) is 12.5. The third kappa shape index (κ3) is 15.6. The van der Waals surface area contributed by atoms with Gasteiger partial charge in [-0.15, -0.1) is 0 Å². The van der Waals surface area contributed by atoms with Crippen molar-refractivity contribution in [1.82, 2.24) is 5.32 Å². The number of hydrogen-bond acceptors (Lipinski definition) is 6. The number of carboxylic acids is 2. The molecule has 12 heteroatoms. The van der Waals surface area contributed by atoms with Crippen molar-refractivity contribution >= 4 is 39.4 Å². The highest BCUT2D eigenvalue weighted by Gasteiger charge is 2.38. The van der Waals surface area contributed by atoms with Crippen molar-refractivity contribution in [2.45, 2.75) is 57.4 Å². The Bertz CT molecular complexity index is 479. The number of rotatable bonds is 10. The van der Waals surface area contributed by atoms with Crippen LogP contribution >= 0.6 is 21.6 Å². The SMILES string of the molecule is CC1CCC(CCC(=O)NCCSSCCC(=O)O)O1.O=C(O)C(F)(F)F. The maximum atomic E-state index is 11.6.